The van der Waals surface area contributed by atoms with Crippen LogP contribution in [0.15, 0.2) is 30.6 Å². The molecule has 0 bridgehead atoms. The Kier molecular flexibility index (Phi) is 6.65. The minimum Gasteiger partial charge on any atom is -0.236 e. The molecule has 7 heteroatoms. The predicted octanol–water partition coefficient (Wildman–Crippen LogP) is 7.07. The molecular formula is C22H23F5N2. The maximum Gasteiger partial charge on any atom is 0.409 e. The Labute approximate surface area is 166 Å². The molecule has 0 atom stereocenters. The van der Waals surface area contributed by atoms with E-state index >= 15 is 0 Å². The summed E-state index contributed by atoms with van der Waals surface area (Å²) in [6.07, 6.45) is 5.88. The third-order valence-corrected chi connectivity index (χ3v) is 5.46. The van der Waals surface area contributed by atoms with E-state index in [0.29, 0.717) is 12.0 Å². The predicted molar refractivity (Wildman–Crippen MR) is 102 cm³/mol. The highest BCUT2D eigenvalue weighted by atomic mass is 19.4. The number of hydrogen-bond acceptors (Lipinski definition) is 2. The summed E-state index contributed by atoms with van der Waals surface area (Å²) in [5, 5.41) is 0. The van der Waals surface area contributed by atoms with Gasteiger partial charge in [0, 0.05) is 29.6 Å². The third kappa shape index (κ3) is 5.61. The van der Waals surface area contributed by atoms with Crippen LogP contribution in [-0.2, 0) is 0 Å². The molecular weight excluding hydrogens is 387 g/mol. The zero-order valence-electron chi connectivity index (χ0n) is 16.1. The topological polar surface area (TPSA) is 25.8 Å². The van der Waals surface area contributed by atoms with Crippen LogP contribution in [0.5, 0.6) is 0 Å². The molecule has 0 radical (unpaired) electrons. The van der Waals surface area contributed by atoms with Crippen molar-refractivity contribution < 1.29 is 22.0 Å². The van der Waals surface area contributed by atoms with Crippen molar-refractivity contribution >= 4 is 6.08 Å². The van der Waals surface area contributed by atoms with Crippen molar-refractivity contribution in [3.05, 3.63) is 53.4 Å². The molecule has 0 N–H and O–H groups in total. The number of benzene rings is 1. The Morgan fingerprint density at radius 1 is 1.00 bits per heavy atom. The number of allylic oxidation sites excluding steroid dienone is 1. The van der Waals surface area contributed by atoms with E-state index in [1.54, 1.807) is 12.4 Å². The van der Waals surface area contributed by atoms with E-state index in [9.17, 15) is 22.0 Å². The molecule has 1 saturated carbocycles. The van der Waals surface area contributed by atoms with E-state index in [2.05, 4.69) is 16.9 Å². The number of aromatic nitrogens is 2. The van der Waals surface area contributed by atoms with Crippen LogP contribution in [0, 0.1) is 17.6 Å². The summed E-state index contributed by atoms with van der Waals surface area (Å²) in [6, 6.07) is 1.90. The first-order chi connectivity index (χ1) is 13.8. The maximum atomic E-state index is 14.1. The fourth-order valence-electron chi connectivity index (χ4n) is 3.94. The van der Waals surface area contributed by atoms with Gasteiger partial charge in [0.25, 0.3) is 0 Å². The van der Waals surface area contributed by atoms with Gasteiger partial charge in [-0.25, -0.2) is 18.7 Å². The zero-order valence-corrected chi connectivity index (χ0v) is 16.1. The van der Waals surface area contributed by atoms with E-state index < -0.39 is 23.4 Å². The highest BCUT2D eigenvalue weighted by Crippen LogP contribution is 2.37. The number of hydrogen-bond donors (Lipinski definition) is 0. The Bertz CT molecular complexity index is 827. The van der Waals surface area contributed by atoms with Crippen LogP contribution in [0.25, 0.3) is 17.5 Å². The summed E-state index contributed by atoms with van der Waals surface area (Å²) in [7, 11) is 0. The van der Waals surface area contributed by atoms with Crippen LogP contribution >= 0.6 is 0 Å². The van der Waals surface area contributed by atoms with Gasteiger partial charge in [0.15, 0.2) is 5.82 Å². The van der Waals surface area contributed by atoms with Crippen LogP contribution in [-0.4, -0.2) is 16.1 Å². The molecule has 1 heterocycles. The van der Waals surface area contributed by atoms with Crippen molar-refractivity contribution in [1.82, 2.24) is 9.97 Å². The highest BCUT2D eigenvalue weighted by Gasteiger charge is 2.24. The molecule has 0 unspecified atom stereocenters. The lowest BCUT2D eigenvalue weighted by molar-refractivity contribution is -0.0790. The fraction of sp³-hybridized carbons (Fsp3) is 0.455. The van der Waals surface area contributed by atoms with Crippen LogP contribution < -0.4 is 0 Å². The van der Waals surface area contributed by atoms with Crippen molar-refractivity contribution in [2.75, 3.05) is 0 Å². The molecule has 1 aromatic carbocycles. The summed E-state index contributed by atoms with van der Waals surface area (Å²) in [5.41, 5.74) is 0.350. The van der Waals surface area contributed by atoms with E-state index in [1.807, 2.05) is 0 Å². The third-order valence-electron chi connectivity index (χ3n) is 5.46. The highest BCUT2D eigenvalue weighted by molar-refractivity contribution is 5.61. The lowest BCUT2D eigenvalue weighted by atomic mass is 9.78. The summed E-state index contributed by atoms with van der Waals surface area (Å²) >= 11 is 0. The second kappa shape index (κ2) is 9.01. The maximum absolute atomic E-state index is 14.1. The molecule has 29 heavy (non-hydrogen) atoms. The Balaban J connectivity index is 1.74. The number of nitrogens with zero attached hydrogens (tertiary/aromatic N) is 2. The van der Waals surface area contributed by atoms with Gasteiger partial charge in [-0.15, -0.1) is 0 Å². The first-order valence-electron chi connectivity index (χ1n) is 9.84. The first kappa shape index (κ1) is 21.4. The molecule has 2 nitrogen and oxygen atoms in total. The molecule has 2 aromatic rings. The van der Waals surface area contributed by atoms with Crippen LogP contribution in [0.3, 0.4) is 0 Å². The van der Waals surface area contributed by atoms with E-state index in [-0.39, 0.29) is 17.5 Å². The van der Waals surface area contributed by atoms with Gasteiger partial charge >= 0.3 is 6.18 Å². The molecule has 0 amide bonds. The number of halogens is 5. The van der Waals surface area contributed by atoms with Crippen LogP contribution in [0.2, 0.25) is 0 Å². The molecule has 156 valence electrons. The normalized spacial score (nSPS) is 20.3. The van der Waals surface area contributed by atoms with Crippen molar-refractivity contribution in [2.45, 2.75) is 57.5 Å². The second-order valence-corrected chi connectivity index (χ2v) is 7.57. The van der Waals surface area contributed by atoms with Crippen molar-refractivity contribution in [3.8, 4) is 11.4 Å². The fourth-order valence-corrected chi connectivity index (χ4v) is 3.94. The van der Waals surface area contributed by atoms with Crippen molar-refractivity contribution in [1.29, 1.82) is 0 Å². The molecule has 0 aliphatic heterocycles. The quantitative estimate of drug-likeness (QED) is 0.493. The van der Waals surface area contributed by atoms with Gasteiger partial charge in [-0.1, -0.05) is 19.8 Å². The molecule has 1 fully saturated rings. The van der Waals surface area contributed by atoms with Crippen LogP contribution in [0.4, 0.5) is 22.0 Å². The van der Waals surface area contributed by atoms with Gasteiger partial charge in [0.2, 0.25) is 0 Å². The number of rotatable bonds is 5. The summed E-state index contributed by atoms with van der Waals surface area (Å²) in [6.45, 7) is 2.20. The smallest absolute Gasteiger partial charge is 0.236 e. The molecule has 3 rings (SSSR count). The van der Waals surface area contributed by atoms with Gasteiger partial charge < -0.3 is 0 Å². The minimum atomic E-state index is -4.65. The molecule has 1 aliphatic rings. The van der Waals surface area contributed by atoms with Crippen LogP contribution in [0.1, 0.15) is 62.5 Å². The molecule has 1 aromatic heterocycles. The monoisotopic (exact) mass is 410 g/mol. The Morgan fingerprint density at radius 3 is 2.10 bits per heavy atom. The Hall–Kier alpha value is -2.31. The largest absolute Gasteiger partial charge is 0.409 e. The van der Waals surface area contributed by atoms with Crippen molar-refractivity contribution in [2.24, 2.45) is 5.92 Å². The lowest BCUT2D eigenvalue weighted by Gasteiger charge is -2.28. The molecule has 0 saturated heterocycles. The Morgan fingerprint density at radius 2 is 1.59 bits per heavy atom. The van der Waals surface area contributed by atoms with Gasteiger partial charge in [-0.05, 0) is 61.3 Å². The first-order valence-corrected chi connectivity index (χ1v) is 9.84. The standard InChI is InChI=1S/C22H23F5N2/c1-2-3-14-4-6-15(7-5-14)17-12-28-21(29-13-17)16-10-19(23)18(20(24)11-16)8-9-22(25,26)27/h8-15H,2-7H2,1H3/b9-8+. The average molecular weight is 410 g/mol. The molecule has 1 aliphatic carbocycles. The van der Waals surface area contributed by atoms with E-state index in [0.717, 1.165) is 36.5 Å². The second-order valence-electron chi connectivity index (χ2n) is 7.57. The summed E-state index contributed by atoms with van der Waals surface area (Å²) in [5.74, 6) is -0.879. The van der Waals surface area contributed by atoms with E-state index in [1.165, 1.54) is 25.7 Å². The summed E-state index contributed by atoms with van der Waals surface area (Å²) < 4.78 is 65.0. The van der Waals surface area contributed by atoms with Gasteiger partial charge in [-0.3, -0.25) is 0 Å². The van der Waals surface area contributed by atoms with Gasteiger partial charge in [-0.2, -0.15) is 13.2 Å². The lowest BCUT2D eigenvalue weighted by Crippen LogP contribution is -2.13. The average Bonchev–Trinajstić information content (AvgIpc) is 2.67. The van der Waals surface area contributed by atoms with E-state index in [4.69, 9.17) is 0 Å². The zero-order chi connectivity index (χ0) is 21.0. The molecule has 0 spiro atoms. The number of alkyl halides is 3. The minimum absolute atomic E-state index is 0.0855. The SMILES string of the molecule is CCCC1CCC(c2cnc(-c3cc(F)c(/C=C/C(F)(F)F)c(F)c3)nc2)CC1. The summed E-state index contributed by atoms with van der Waals surface area (Å²) in [4.78, 5) is 8.47. The van der Waals surface area contributed by atoms with Crippen molar-refractivity contribution in [3.63, 3.8) is 0 Å². The van der Waals surface area contributed by atoms with Gasteiger partial charge in [0.05, 0.1) is 0 Å². The van der Waals surface area contributed by atoms with Gasteiger partial charge in [0.1, 0.15) is 11.6 Å².